The zero-order valence-electron chi connectivity index (χ0n) is 18.9. The Morgan fingerprint density at radius 3 is 2.51 bits per heavy atom. The van der Waals surface area contributed by atoms with Crippen molar-refractivity contribution in [2.45, 2.75) is 51.9 Å². The van der Waals surface area contributed by atoms with E-state index in [0.29, 0.717) is 11.4 Å². The molecule has 0 radical (unpaired) electrons. The third-order valence-corrected chi connectivity index (χ3v) is 5.30. The highest BCUT2D eigenvalue weighted by molar-refractivity contribution is 5.95. The number of carboxylic acids is 1. The molecule has 3 aromatic rings. The fourth-order valence-corrected chi connectivity index (χ4v) is 3.60. The second-order valence-electron chi connectivity index (χ2n) is 8.20. The predicted octanol–water partition coefficient (Wildman–Crippen LogP) is 3.64. The van der Waals surface area contributed by atoms with Crippen LogP contribution in [0.4, 0.5) is 13.2 Å². The SMILES string of the molecule is Cc1nc([C@H](C)NC(=O)c2cc(OC(F)(F)F)cc(C3CC3)c2)n(-c2cnc(C(=O)O)c(C)n2)n1. The van der Waals surface area contributed by atoms with E-state index in [0.717, 1.165) is 18.9 Å². The molecule has 2 N–H and O–H groups in total. The maximum absolute atomic E-state index is 13.0. The number of nitrogens with zero attached hydrogens (tertiary/aromatic N) is 5. The lowest BCUT2D eigenvalue weighted by atomic mass is 10.1. The quantitative estimate of drug-likeness (QED) is 0.513. The first kappa shape index (κ1) is 24.1. The number of hydrogen-bond acceptors (Lipinski definition) is 7. The van der Waals surface area contributed by atoms with Crippen LogP contribution in [-0.2, 0) is 0 Å². The zero-order valence-corrected chi connectivity index (χ0v) is 18.9. The molecule has 35 heavy (non-hydrogen) atoms. The van der Waals surface area contributed by atoms with Crippen molar-refractivity contribution in [1.29, 1.82) is 0 Å². The summed E-state index contributed by atoms with van der Waals surface area (Å²) in [6.45, 7) is 4.74. The molecule has 1 aliphatic rings. The van der Waals surface area contributed by atoms with Gasteiger partial charge in [-0.1, -0.05) is 0 Å². The average molecular weight is 490 g/mol. The molecule has 1 aliphatic carbocycles. The van der Waals surface area contributed by atoms with Crippen molar-refractivity contribution in [2.24, 2.45) is 0 Å². The molecule has 2 aromatic heterocycles. The topological polar surface area (TPSA) is 132 Å². The number of halogens is 3. The lowest BCUT2D eigenvalue weighted by molar-refractivity contribution is -0.274. The third kappa shape index (κ3) is 5.55. The molecular weight excluding hydrogens is 469 g/mol. The summed E-state index contributed by atoms with van der Waals surface area (Å²) >= 11 is 0. The third-order valence-electron chi connectivity index (χ3n) is 5.30. The number of aromatic carboxylic acids is 1. The molecule has 0 aliphatic heterocycles. The van der Waals surface area contributed by atoms with Crippen molar-refractivity contribution >= 4 is 11.9 Å². The van der Waals surface area contributed by atoms with E-state index in [2.05, 4.69) is 30.1 Å². The van der Waals surface area contributed by atoms with Crippen LogP contribution in [-0.4, -0.2) is 48.1 Å². The molecule has 184 valence electrons. The lowest BCUT2D eigenvalue weighted by Gasteiger charge is -2.16. The van der Waals surface area contributed by atoms with Crippen LogP contribution in [0.1, 0.15) is 75.5 Å². The minimum atomic E-state index is -4.88. The van der Waals surface area contributed by atoms with Gasteiger partial charge in [-0.3, -0.25) is 4.79 Å². The van der Waals surface area contributed by atoms with E-state index in [9.17, 15) is 22.8 Å². The molecule has 1 fully saturated rings. The molecule has 1 saturated carbocycles. The van der Waals surface area contributed by atoms with Gasteiger partial charge in [0.2, 0.25) is 0 Å². The Morgan fingerprint density at radius 2 is 1.91 bits per heavy atom. The van der Waals surface area contributed by atoms with Crippen molar-refractivity contribution < 1.29 is 32.6 Å². The van der Waals surface area contributed by atoms with Gasteiger partial charge < -0.3 is 15.2 Å². The molecule has 0 spiro atoms. The molecule has 1 amide bonds. The van der Waals surface area contributed by atoms with Gasteiger partial charge in [0.05, 0.1) is 17.9 Å². The maximum atomic E-state index is 13.0. The van der Waals surface area contributed by atoms with Gasteiger partial charge in [-0.2, -0.15) is 4.68 Å². The molecule has 2 heterocycles. The summed E-state index contributed by atoms with van der Waals surface area (Å²) in [4.78, 5) is 36.6. The van der Waals surface area contributed by atoms with Gasteiger partial charge >= 0.3 is 12.3 Å². The Labute approximate surface area is 197 Å². The molecule has 13 heteroatoms. The summed E-state index contributed by atoms with van der Waals surface area (Å²) in [5, 5.41) is 16.1. The first-order valence-corrected chi connectivity index (χ1v) is 10.6. The van der Waals surface area contributed by atoms with Crippen molar-refractivity contribution in [1.82, 2.24) is 30.0 Å². The van der Waals surface area contributed by atoms with Crippen LogP contribution in [0.5, 0.6) is 5.75 Å². The predicted molar refractivity (Wildman–Crippen MR) is 114 cm³/mol. The largest absolute Gasteiger partial charge is 0.573 e. The summed E-state index contributed by atoms with van der Waals surface area (Å²) in [5.74, 6) is -1.37. The van der Waals surface area contributed by atoms with E-state index in [-0.39, 0.29) is 34.5 Å². The average Bonchev–Trinajstić information content (AvgIpc) is 3.53. The number of aromatic nitrogens is 5. The number of amides is 1. The van der Waals surface area contributed by atoms with E-state index >= 15 is 0 Å². The Kier molecular flexibility index (Phi) is 6.17. The summed E-state index contributed by atoms with van der Waals surface area (Å²) < 4.78 is 43.7. The lowest BCUT2D eigenvalue weighted by Crippen LogP contribution is -2.29. The first-order chi connectivity index (χ1) is 16.4. The molecule has 1 aromatic carbocycles. The maximum Gasteiger partial charge on any atom is 0.573 e. The number of carbonyl (C=O) groups is 2. The van der Waals surface area contributed by atoms with Crippen molar-refractivity contribution in [3.8, 4) is 11.6 Å². The standard InChI is InChI=1S/C22H21F3N6O4/c1-10-18(21(33)34)26-9-17(27-10)31-19(29-12(3)30-31)11(2)28-20(32)15-6-14(13-4-5-13)7-16(8-15)35-22(23,24)25/h6-9,11,13H,4-5H2,1-3H3,(H,28,32)(H,33,34)/t11-/m0/s1. The van der Waals surface area contributed by atoms with Gasteiger partial charge in [0, 0.05) is 5.56 Å². The summed E-state index contributed by atoms with van der Waals surface area (Å²) in [5.41, 5.74) is 0.582. The number of nitrogens with one attached hydrogen (secondary N) is 1. The number of carbonyl (C=O) groups excluding carboxylic acids is 1. The fourth-order valence-electron chi connectivity index (χ4n) is 3.60. The number of ether oxygens (including phenoxy) is 1. The number of benzene rings is 1. The highest BCUT2D eigenvalue weighted by Crippen LogP contribution is 2.42. The fraction of sp³-hybridized carbons (Fsp3) is 0.364. The molecule has 0 unspecified atom stereocenters. The highest BCUT2D eigenvalue weighted by atomic mass is 19.4. The van der Waals surface area contributed by atoms with Crippen molar-refractivity contribution in [3.05, 3.63) is 58.6 Å². The van der Waals surface area contributed by atoms with Gasteiger partial charge in [-0.15, -0.1) is 18.3 Å². The van der Waals surface area contributed by atoms with Crippen LogP contribution in [0.3, 0.4) is 0 Å². The molecule has 10 nitrogen and oxygen atoms in total. The number of hydrogen-bond donors (Lipinski definition) is 2. The molecular formula is C22H21F3N6O4. The normalized spacial score (nSPS) is 14.5. The van der Waals surface area contributed by atoms with Gasteiger partial charge in [0.25, 0.3) is 5.91 Å². The van der Waals surface area contributed by atoms with Crippen LogP contribution in [0, 0.1) is 13.8 Å². The van der Waals surface area contributed by atoms with E-state index in [4.69, 9.17) is 5.11 Å². The number of rotatable bonds is 7. The summed E-state index contributed by atoms with van der Waals surface area (Å²) in [7, 11) is 0. The van der Waals surface area contributed by atoms with Crippen LogP contribution in [0.2, 0.25) is 0 Å². The minimum Gasteiger partial charge on any atom is -0.476 e. The number of aryl methyl sites for hydroxylation is 2. The number of carboxylic acid groups (broad SMARTS) is 1. The van der Waals surface area contributed by atoms with Gasteiger partial charge in [0.1, 0.15) is 11.6 Å². The van der Waals surface area contributed by atoms with E-state index in [1.807, 2.05) is 0 Å². The minimum absolute atomic E-state index is 0.0183. The van der Waals surface area contributed by atoms with E-state index in [1.165, 1.54) is 23.9 Å². The van der Waals surface area contributed by atoms with Gasteiger partial charge in [-0.25, -0.2) is 19.7 Å². The first-order valence-electron chi connectivity index (χ1n) is 10.6. The Bertz CT molecular complexity index is 1300. The smallest absolute Gasteiger partial charge is 0.476 e. The molecule has 0 bridgehead atoms. The Balaban J connectivity index is 1.60. The second kappa shape index (κ2) is 8.96. The molecule has 4 rings (SSSR count). The van der Waals surface area contributed by atoms with Crippen LogP contribution in [0.15, 0.2) is 24.4 Å². The van der Waals surface area contributed by atoms with Gasteiger partial charge in [-0.05, 0) is 63.3 Å². The van der Waals surface area contributed by atoms with Crippen LogP contribution < -0.4 is 10.1 Å². The molecule has 1 atom stereocenters. The Hall–Kier alpha value is -4.03. The van der Waals surface area contributed by atoms with Gasteiger partial charge in [0.15, 0.2) is 17.3 Å². The van der Waals surface area contributed by atoms with Crippen molar-refractivity contribution in [3.63, 3.8) is 0 Å². The van der Waals surface area contributed by atoms with E-state index < -0.39 is 30.0 Å². The second-order valence-corrected chi connectivity index (χ2v) is 8.20. The highest BCUT2D eigenvalue weighted by Gasteiger charge is 2.33. The monoisotopic (exact) mass is 490 g/mol. The number of alkyl halides is 3. The van der Waals surface area contributed by atoms with Crippen LogP contribution in [0.25, 0.3) is 5.82 Å². The summed E-state index contributed by atoms with van der Waals surface area (Å²) in [6, 6.07) is 3.16. The van der Waals surface area contributed by atoms with Crippen LogP contribution >= 0.6 is 0 Å². The van der Waals surface area contributed by atoms with E-state index in [1.54, 1.807) is 19.9 Å². The summed E-state index contributed by atoms with van der Waals surface area (Å²) in [6.07, 6.45) is -2.00. The molecule has 0 saturated heterocycles. The zero-order chi connectivity index (χ0) is 25.5. The Morgan fingerprint density at radius 1 is 1.20 bits per heavy atom. The van der Waals surface area contributed by atoms with Crippen molar-refractivity contribution in [2.75, 3.05) is 0 Å².